The lowest BCUT2D eigenvalue weighted by Gasteiger charge is -1.94. The lowest BCUT2D eigenvalue weighted by molar-refractivity contribution is 1.07. The molecule has 3 nitrogen and oxygen atoms in total. The van der Waals surface area contributed by atoms with E-state index in [-0.39, 0.29) is 0 Å². The molecule has 2 aromatic heterocycles. The molecule has 0 radical (unpaired) electrons. The fourth-order valence-corrected chi connectivity index (χ4v) is 3.26. The fourth-order valence-electron chi connectivity index (χ4n) is 1.45. The molecule has 0 atom stereocenters. The average molecular weight is 253 g/mol. The molecule has 86 valence electrons. The summed E-state index contributed by atoms with van der Waals surface area (Å²) in [7, 11) is 0. The Morgan fingerprint density at radius 2 is 2.12 bits per heavy atom. The first kappa shape index (κ1) is 11.5. The van der Waals surface area contributed by atoms with Gasteiger partial charge in [0.1, 0.15) is 0 Å². The zero-order valence-corrected chi connectivity index (χ0v) is 11.3. The quantitative estimate of drug-likeness (QED) is 0.905. The molecular weight excluding hydrogens is 238 g/mol. The van der Waals surface area contributed by atoms with Crippen molar-refractivity contribution in [3.63, 3.8) is 0 Å². The molecule has 0 bridgehead atoms. The van der Waals surface area contributed by atoms with Gasteiger partial charge in [-0.1, -0.05) is 6.92 Å². The highest BCUT2D eigenvalue weighted by Gasteiger charge is 2.11. The minimum atomic E-state index is 0.912. The van der Waals surface area contributed by atoms with Crippen LogP contribution in [-0.2, 0) is 6.42 Å². The molecule has 1 N–H and O–H groups in total. The normalized spacial score (nSPS) is 10.7. The van der Waals surface area contributed by atoms with E-state index in [0.717, 1.165) is 29.5 Å². The molecule has 0 aliphatic heterocycles. The minimum Gasteiger partial charge on any atom is -0.362 e. The van der Waals surface area contributed by atoms with Crippen LogP contribution in [0.5, 0.6) is 0 Å². The molecule has 0 aliphatic carbocycles. The summed E-state index contributed by atoms with van der Waals surface area (Å²) in [6.07, 6.45) is 0.996. The Morgan fingerprint density at radius 1 is 1.31 bits per heavy atom. The zero-order valence-electron chi connectivity index (χ0n) is 9.70. The van der Waals surface area contributed by atoms with Gasteiger partial charge in [-0.2, -0.15) is 0 Å². The maximum Gasteiger partial charge on any atom is 0.183 e. The van der Waals surface area contributed by atoms with Gasteiger partial charge >= 0.3 is 0 Å². The number of nitrogens with zero attached hydrogens (tertiary/aromatic N) is 2. The van der Waals surface area contributed by atoms with Crippen LogP contribution in [0.15, 0.2) is 5.38 Å². The van der Waals surface area contributed by atoms with Gasteiger partial charge in [0.05, 0.1) is 21.3 Å². The second-order valence-electron chi connectivity index (χ2n) is 3.44. The fraction of sp³-hybridized carbons (Fsp3) is 0.455. The van der Waals surface area contributed by atoms with Crippen molar-refractivity contribution in [3.8, 4) is 10.6 Å². The Morgan fingerprint density at radius 3 is 2.75 bits per heavy atom. The molecule has 0 amide bonds. The Bertz CT molecular complexity index is 473. The summed E-state index contributed by atoms with van der Waals surface area (Å²) in [6.45, 7) is 7.17. The molecule has 0 spiro atoms. The van der Waals surface area contributed by atoms with Crippen molar-refractivity contribution in [1.82, 2.24) is 9.97 Å². The van der Waals surface area contributed by atoms with E-state index >= 15 is 0 Å². The highest BCUT2D eigenvalue weighted by Crippen LogP contribution is 2.32. The molecule has 2 aromatic rings. The lowest BCUT2D eigenvalue weighted by Crippen LogP contribution is -1.94. The number of aromatic nitrogens is 2. The summed E-state index contributed by atoms with van der Waals surface area (Å²) in [5, 5.41) is 7.50. The van der Waals surface area contributed by atoms with Crippen molar-refractivity contribution >= 4 is 27.8 Å². The topological polar surface area (TPSA) is 37.8 Å². The van der Waals surface area contributed by atoms with E-state index in [0.29, 0.717) is 0 Å². The predicted octanol–water partition coefficient (Wildman–Crippen LogP) is 3.57. The van der Waals surface area contributed by atoms with Crippen molar-refractivity contribution in [3.05, 3.63) is 16.1 Å². The van der Waals surface area contributed by atoms with Crippen LogP contribution < -0.4 is 5.32 Å². The van der Waals surface area contributed by atoms with E-state index in [9.17, 15) is 0 Å². The molecule has 5 heteroatoms. The van der Waals surface area contributed by atoms with Crippen LogP contribution >= 0.6 is 22.7 Å². The van der Waals surface area contributed by atoms with Crippen molar-refractivity contribution in [1.29, 1.82) is 0 Å². The van der Waals surface area contributed by atoms with Gasteiger partial charge in [-0.15, -0.1) is 22.7 Å². The molecule has 2 heterocycles. The number of thiazole rings is 2. The SMILES string of the molecule is CCNc1nc(-c2sc(CC)nc2C)cs1. The molecule has 0 unspecified atom stereocenters. The lowest BCUT2D eigenvalue weighted by atomic mass is 10.3. The maximum atomic E-state index is 4.56. The standard InChI is InChI=1S/C11H15N3S2/c1-4-9-13-7(3)10(16-9)8-6-15-11(14-8)12-5-2/h6H,4-5H2,1-3H3,(H,12,14). The number of rotatable bonds is 4. The summed E-state index contributed by atoms with van der Waals surface area (Å²) in [5.41, 5.74) is 2.14. The van der Waals surface area contributed by atoms with Crippen LogP contribution in [0, 0.1) is 6.92 Å². The van der Waals surface area contributed by atoms with E-state index in [2.05, 4.69) is 41.4 Å². The summed E-state index contributed by atoms with van der Waals surface area (Å²) in [4.78, 5) is 10.3. The van der Waals surface area contributed by atoms with Crippen LogP contribution in [-0.4, -0.2) is 16.5 Å². The van der Waals surface area contributed by atoms with Crippen LogP contribution in [0.25, 0.3) is 10.6 Å². The molecule has 0 aromatic carbocycles. The Hall–Kier alpha value is -0.940. The molecule has 0 saturated heterocycles. The number of aryl methyl sites for hydroxylation is 2. The maximum absolute atomic E-state index is 4.56. The minimum absolute atomic E-state index is 0.912. The van der Waals surface area contributed by atoms with Crippen LogP contribution in [0.2, 0.25) is 0 Å². The zero-order chi connectivity index (χ0) is 11.5. The number of anilines is 1. The van der Waals surface area contributed by atoms with Crippen LogP contribution in [0.4, 0.5) is 5.13 Å². The monoisotopic (exact) mass is 253 g/mol. The third kappa shape index (κ3) is 2.25. The number of hydrogen-bond acceptors (Lipinski definition) is 5. The van der Waals surface area contributed by atoms with Crippen molar-refractivity contribution < 1.29 is 0 Å². The third-order valence-electron chi connectivity index (χ3n) is 2.21. The molecule has 0 fully saturated rings. The van der Waals surface area contributed by atoms with Gasteiger partial charge in [-0.3, -0.25) is 0 Å². The highest BCUT2D eigenvalue weighted by atomic mass is 32.1. The van der Waals surface area contributed by atoms with Crippen LogP contribution in [0.1, 0.15) is 24.5 Å². The van der Waals surface area contributed by atoms with Gasteiger partial charge < -0.3 is 5.32 Å². The molecule has 0 aliphatic rings. The molecule has 0 saturated carbocycles. The van der Waals surface area contributed by atoms with Crippen molar-refractivity contribution in [2.24, 2.45) is 0 Å². The second kappa shape index (κ2) is 4.93. The van der Waals surface area contributed by atoms with Gasteiger partial charge in [-0.05, 0) is 20.3 Å². The number of hydrogen-bond donors (Lipinski definition) is 1. The van der Waals surface area contributed by atoms with Crippen molar-refractivity contribution in [2.75, 3.05) is 11.9 Å². The first-order chi connectivity index (χ1) is 7.74. The van der Waals surface area contributed by atoms with Gasteiger partial charge in [0, 0.05) is 11.9 Å². The average Bonchev–Trinajstić information content (AvgIpc) is 2.85. The first-order valence-electron chi connectivity index (χ1n) is 5.40. The first-order valence-corrected chi connectivity index (χ1v) is 7.10. The summed E-state index contributed by atoms with van der Waals surface area (Å²) in [6, 6.07) is 0. The predicted molar refractivity (Wildman–Crippen MR) is 71.5 cm³/mol. The molecular formula is C11H15N3S2. The Balaban J connectivity index is 2.30. The van der Waals surface area contributed by atoms with Gasteiger partial charge in [-0.25, -0.2) is 9.97 Å². The van der Waals surface area contributed by atoms with E-state index < -0.39 is 0 Å². The summed E-state index contributed by atoms with van der Waals surface area (Å²) >= 11 is 3.40. The third-order valence-corrected chi connectivity index (χ3v) is 4.33. The van der Waals surface area contributed by atoms with Gasteiger partial charge in [0.25, 0.3) is 0 Å². The van der Waals surface area contributed by atoms with E-state index in [1.165, 1.54) is 9.88 Å². The van der Waals surface area contributed by atoms with Crippen LogP contribution in [0.3, 0.4) is 0 Å². The second-order valence-corrected chi connectivity index (χ2v) is 5.39. The molecule has 2 rings (SSSR count). The molecule has 16 heavy (non-hydrogen) atoms. The smallest absolute Gasteiger partial charge is 0.183 e. The largest absolute Gasteiger partial charge is 0.362 e. The Labute approximate surface area is 104 Å². The van der Waals surface area contributed by atoms with E-state index in [4.69, 9.17) is 0 Å². The summed E-state index contributed by atoms with van der Waals surface area (Å²) in [5.74, 6) is 0. The van der Waals surface area contributed by atoms with E-state index in [1.54, 1.807) is 22.7 Å². The van der Waals surface area contributed by atoms with E-state index in [1.807, 2.05) is 0 Å². The van der Waals surface area contributed by atoms with Gasteiger partial charge in [0.2, 0.25) is 0 Å². The Kier molecular flexibility index (Phi) is 3.56. The van der Waals surface area contributed by atoms with Crippen molar-refractivity contribution in [2.45, 2.75) is 27.2 Å². The number of nitrogens with one attached hydrogen (secondary N) is 1. The summed E-state index contributed by atoms with van der Waals surface area (Å²) < 4.78 is 0. The van der Waals surface area contributed by atoms with Gasteiger partial charge in [0.15, 0.2) is 5.13 Å². The highest BCUT2D eigenvalue weighted by molar-refractivity contribution is 7.16.